The molecule has 1 aromatic rings. The normalized spacial score (nSPS) is 27.1. The minimum absolute atomic E-state index is 0.536. The van der Waals surface area contributed by atoms with Gasteiger partial charge in [-0.1, -0.05) is 13.3 Å². The molecule has 1 saturated heterocycles. The molecule has 1 aliphatic heterocycles. The van der Waals surface area contributed by atoms with Crippen LogP contribution in [0.5, 0.6) is 0 Å². The number of aromatic nitrogens is 2. The Morgan fingerprint density at radius 2 is 2.43 bits per heavy atom. The number of nitrogens with one attached hydrogen (secondary N) is 1. The number of hydrogen-bond donors (Lipinski definition) is 1. The number of hydrogen-bond acceptors (Lipinski definition) is 2. The Labute approximate surface area is 85.5 Å². The lowest BCUT2D eigenvalue weighted by Crippen LogP contribution is -2.18. The average Bonchev–Trinajstić information content (AvgIpc) is 2.75. The molecule has 0 amide bonds. The summed E-state index contributed by atoms with van der Waals surface area (Å²) in [6.45, 7) is 5.57. The van der Waals surface area contributed by atoms with Crippen LogP contribution in [-0.2, 0) is 7.05 Å². The first kappa shape index (κ1) is 9.71. The highest BCUT2D eigenvalue weighted by atomic mass is 15.3. The van der Waals surface area contributed by atoms with E-state index in [1.807, 2.05) is 17.9 Å². The van der Waals surface area contributed by atoms with Gasteiger partial charge in [0.1, 0.15) is 0 Å². The minimum atomic E-state index is 0.536. The largest absolute Gasteiger partial charge is 0.310 e. The van der Waals surface area contributed by atoms with E-state index in [0.29, 0.717) is 6.04 Å². The van der Waals surface area contributed by atoms with Crippen LogP contribution in [0, 0.1) is 12.8 Å². The molecule has 2 heterocycles. The van der Waals surface area contributed by atoms with Gasteiger partial charge in [-0.15, -0.1) is 0 Å². The van der Waals surface area contributed by atoms with E-state index in [4.69, 9.17) is 0 Å². The molecule has 0 spiro atoms. The molecule has 78 valence electrons. The maximum atomic E-state index is 4.31. The van der Waals surface area contributed by atoms with Gasteiger partial charge in [-0.05, 0) is 25.8 Å². The molecular formula is C11H19N3. The van der Waals surface area contributed by atoms with E-state index < -0.39 is 0 Å². The van der Waals surface area contributed by atoms with Crippen molar-refractivity contribution in [1.29, 1.82) is 0 Å². The van der Waals surface area contributed by atoms with Gasteiger partial charge >= 0.3 is 0 Å². The van der Waals surface area contributed by atoms with Crippen molar-refractivity contribution in [3.8, 4) is 0 Å². The average molecular weight is 193 g/mol. The summed E-state index contributed by atoms with van der Waals surface area (Å²) < 4.78 is 1.96. The van der Waals surface area contributed by atoms with E-state index in [1.54, 1.807) is 0 Å². The molecule has 1 N–H and O–H groups in total. The topological polar surface area (TPSA) is 29.9 Å². The van der Waals surface area contributed by atoms with Crippen LogP contribution >= 0.6 is 0 Å². The molecule has 1 aromatic heterocycles. The molecule has 1 aliphatic rings. The predicted octanol–water partition coefficient (Wildman–Crippen LogP) is 1.79. The lowest BCUT2D eigenvalue weighted by molar-refractivity contribution is 0.447. The second-order valence-electron chi connectivity index (χ2n) is 4.20. The quantitative estimate of drug-likeness (QED) is 0.776. The van der Waals surface area contributed by atoms with Crippen LogP contribution < -0.4 is 5.32 Å². The van der Waals surface area contributed by atoms with E-state index in [1.165, 1.54) is 24.1 Å². The predicted molar refractivity (Wildman–Crippen MR) is 57.1 cm³/mol. The first-order valence-electron chi connectivity index (χ1n) is 5.46. The van der Waals surface area contributed by atoms with Crippen LogP contribution in [0.25, 0.3) is 0 Å². The van der Waals surface area contributed by atoms with Gasteiger partial charge in [0, 0.05) is 24.3 Å². The highest BCUT2D eigenvalue weighted by molar-refractivity contribution is 5.22. The third-order valence-electron chi connectivity index (χ3n) is 3.48. The van der Waals surface area contributed by atoms with Crippen molar-refractivity contribution in [1.82, 2.24) is 15.1 Å². The van der Waals surface area contributed by atoms with Gasteiger partial charge < -0.3 is 5.32 Å². The summed E-state index contributed by atoms with van der Waals surface area (Å²) in [6.07, 6.45) is 4.57. The zero-order chi connectivity index (χ0) is 10.1. The third-order valence-corrected chi connectivity index (χ3v) is 3.48. The number of rotatable bonds is 2. The summed E-state index contributed by atoms with van der Waals surface area (Å²) >= 11 is 0. The molecule has 0 radical (unpaired) electrons. The summed E-state index contributed by atoms with van der Waals surface area (Å²) in [5.41, 5.74) is 2.68. The summed E-state index contributed by atoms with van der Waals surface area (Å²) in [5.74, 6) is 0.790. The van der Waals surface area contributed by atoms with Gasteiger partial charge in [0.25, 0.3) is 0 Å². The SMILES string of the molecule is CCC1CCNC1c1cnn(C)c1C. The molecule has 0 aliphatic carbocycles. The molecule has 3 nitrogen and oxygen atoms in total. The smallest absolute Gasteiger partial charge is 0.0540 e. The highest BCUT2D eigenvalue weighted by Crippen LogP contribution is 2.32. The fourth-order valence-electron chi connectivity index (χ4n) is 2.38. The zero-order valence-corrected chi connectivity index (χ0v) is 9.25. The van der Waals surface area contributed by atoms with Crippen molar-refractivity contribution >= 4 is 0 Å². The molecule has 2 rings (SSSR count). The summed E-state index contributed by atoms with van der Waals surface area (Å²) in [6, 6.07) is 0.536. The standard InChI is InChI=1S/C11H19N3/c1-4-9-5-6-12-11(9)10-7-13-14(3)8(10)2/h7,9,11-12H,4-6H2,1-3H3. The summed E-state index contributed by atoms with van der Waals surface area (Å²) in [4.78, 5) is 0. The van der Waals surface area contributed by atoms with Crippen LogP contribution in [0.3, 0.4) is 0 Å². The molecule has 14 heavy (non-hydrogen) atoms. The van der Waals surface area contributed by atoms with E-state index in [-0.39, 0.29) is 0 Å². The van der Waals surface area contributed by atoms with Crippen molar-refractivity contribution in [3.63, 3.8) is 0 Å². The van der Waals surface area contributed by atoms with Gasteiger partial charge in [-0.2, -0.15) is 5.10 Å². The lowest BCUT2D eigenvalue weighted by Gasteiger charge is -2.17. The first-order chi connectivity index (χ1) is 6.74. The molecule has 0 saturated carbocycles. The van der Waals surface area contributed by atoms with Gasteiger partial charge in [-0.25, -0.2) is 0 Å². The Balaban J connectivity index is 2.26. The van der Waals surface area contributed by atoms with Gasteiger partial charge in [0.05, 0.1) is 6.20 Å². The molecule has 1 fully saturated rings. The zero-order valence-electron chi connectivity index (χ0n) is 9.25. The van der Waals surface area contributed by atoms with Crippen molar-refractivity contribution in [2.24, 2.45) is 13.0 Å². The summed E-state index contributed by atoms with van der Waals surface area (Å²) in [7, 11) is 2.01. The second-order valence-corrected chi connectivity index (χ2v) is 4.20. The Bertz CT molecular complexity index is 316. The molecule has 2 unspecified atom stereocenters. The third kappa shape index (κ3) is 1.46. The Kier molecular flexibility index (Phi) is 2.59. The first-order valence-corrected chi connectivity index (χ1v) is 5.46. The second kappa shape index (κ2) is 3.73. The van der Waals surface area contributed by atoms with Crippen LogP contribution in [0.15, 0.2) is 6.20 Å². The molecule has 2 atom stereocenters. The van der Waals surface area contributed by atoms with Crippen molar-refractivity contribution in [2.75, 3.05) is 6.54 Å². The summed E-state index contributed by atoms with van der Waals surface area (Å²) in [5, 5.41) is 7.88. The fourth-order valence-corrected chi connectivity index (χ4v) is 2.38. The molecule has 3 heteroatoms. The van der Waals surface area contributed by atoms with Crippen LogP contribution in [-0.4, -0.2) is 16.3 Å². The maximum absolute atomic E-state index is 4.31. The van der Waals surface area contributed by atoms with E-state index in [0.717, 1.165) is 12.5 Å². The van der Waals surface area contributed by atoms with Crippen molar-refractivity contribution in [2.45, 2.75) is 32.7 Å². The fraction of sp³-hybridized carbons (Fsp3) is 0.727. The molecule has 0 aromatic carbocycles. The van der Waals surface area contributed by atoms with E-state index >= 15 is 0 Å². The molecule has 0 bridgehead atoms. The van der Waals surface area contributed by atoms with Crippen molar-refractivity contribution < 1.29 is 0 Å². The highest BCUT2D eigenvalue weighted by Gasteiger charge is 2.28. The van der Waals surface area contributed by atoms with Crippen LogP contribution in [0.4, 0.5) is 0 Å². The van der Waals surface area contributed by atoms with Gasteiger partial charge in [0.2, 0.25) is 0 Å². The van der Waals surface area contributed by atoms with Crippen LogP contribution in [0.2, 0.25) is 0 Å². The number of nitrogens with zero attached hydrogens (tertiary/aromatic N) is 2. The van der Waals surface area contributed by atoms with Gasteiger partial charge in [-0.3, -0.25) is 4.68 Å². The maximum Gasteiger partial charge on any atom is 0.0540 e. The van der Waals surface area contributed by atoms with Gasteiger partial charge in [0.15, 0.2) is 0 Å². The minimum Gasteiger partial charge on any atom is -0.310 e. The number of aryl methyl sites for hydroxylation is 1. The van der Waals surface area contributed by atoms with Crippen molar-refractivity contribution in [3.05, 3.63) is 17.5 Å². The van der Waals surface area contributed by atoms with E-state index in [2.05, 4.69) is 24.3 Å². The Hall–Kier alpha value is -0.830. The lowest BCUT2D eigenvalue weighted by atomic mass is 9.92. The monoisotopic (exact) mass is 193 g/mol. The Morgan fingerprint density at radius 3 is 3.00 bits per heavy atom. The van der Waals surface area contributed by atoms with E-state index in [9.17, 15) is 0 Å². The Morgan fingerprint density at radius 1 is 1.64 bits per heavy atom. The molecular weight excluding hydrogens is 174 g/mol. The van der Waals surface area contributed by atoms with Crippen LogP contribution in [0.1, 0.15) is 37.1 Å².